The van der Waals surface area contributed by atoms with Crippen molar-refractivity contribution >= 4 is 17.4 Å². The normalized spacial score (nSPS) is 14.7. The number of carbonyl (C=O) groups excluding carboxylic acids is 2. The van der Waals surface area contributed by atoms with Crippen LogP contribution in [-0.2, 0) is 4.79 Å². The Morgan fingerprint density at radius 2 is 2.07 bits per heavy atom. The third-order valence-corrected chi connectivity index (χ3v) is 2.52. The summed E-state index contributed by atoms with van der Waals surface area (Å²) < 4.78 is 0. The molecule has 0 aromatic heterocycles. The van der Waals surface area contributed by atoms with E-state index in [1.54, 1.807) is 12.1 Å². The number of rotatable bonds is 2. The number of aliphatic hydroxyl groups excluding tert-OH is 1. The molecule has 0 unspecified atom stereocenters. The van der Waals surface area contributed by atoms with Gasteiger partial charge in [-0.2, -0.15) is 0 Å². The lowest BCUT2D eigenvalue weighted by Gasteiger charge is -2.16. The van der Waals surface area contributed by atoms with Gasteiger partial charge in [0.1, 0.15) is 0 Å². The van der Waals surface area contributed by atoms with E-state index in [0.29, 0.717) is 11.3 Å². The van der Waals surface area contributed by atoms with Gasteiger partial charge in [-0.25, -0.2) is 0 Å². The highest BCUT2D eigenvalue weighted by Gasteiger charge is 2.36. The van der Waals surface area contributed by atoms with E-state index in [4.69, 9.17) is 5.11 Å². The SMILES string of the molecule is Cc1cccc2c1N(CCO)C(=O)C2=O. The predicted octanol–water partition coefficient (Wildman–Crippen LogP) is 0.517. The molecule has 1 N–H and O–H groups in total. The molecule has 78 valence electrons. The average molecular weight is 205 g/mol. The molecule has 0 atom stereocenters. The molecule has 15 heavy (non-hydrogen) atoms. The lowest BCUT2D eigenvalue weighted by Crippen LogP contribution is -2.32. The summed E-state index contributed by atoms with van der Waals surface area (Å²) in [5.41, 5.74) is 1.95. The van der Waals surface area contributed by atoms with Crippen LogP contribution in [0.3, 0.4) is 0 Å². The Hall–Kier alpha value is -1.68. The van der Waals surface area contributed by atoms with Crippen molar-refractivity contribution in [3.8, 4) is 0 Å². The van der Waals surface area contributed by atoms with E-state index >= 15 is 0 Å². The Balaban J connectivity index is 2.56. The second kappa shape index (κ2) is 3.47. The second-order valence-corrected chi connectivity index (χ2v) is 3.48. The van der Waals surface area contributed by atoms with Crippen LogP contribution in [0.5, 0.6) is 0 Å². The molecule has 0 saturated heterocycles. The summed E-state index contributed by atoms with van der Waals surface area (Å²) in [6.07, 6.45) is 0. The van der Waals surface area contributed by atoms with Gasteiger partial charge in [-0.05, 0) is 18.6 Å². The van der Waals surface area contributed by atoms with Crippen LogP contribution in [0.4, 0.5) is 5.69 Å². The minimum atomic E-state index is -0.548. The molecule has 1 aliphatic rings. The van der Waals surface area contributed by atoms with Gasteiger partial charge >= 0.3 is 0 Å². The molecule has 0 bridgehead atoms. The van der Waals surface area contributed by atoms with Crippen LogP contribution in [-0.4, -0.2) is 29.9 Å². The average Bonchev–Trinajstić information content (AvgIpc) is 2.46. The minimum absolute atomic E-state index is 0.146. The van der Waals surface area contributed by atoms with Crippen molar-refractivity contribution in [3.05, 3.63) is 29.3 Å². The number of aliphatic hydroxyl groups is 1. The highest BCUT2D eigenvalue weighted by molar-refractivity contribution is 6.52. The van der Waals surface area contributed by atoms with E-state index < -0.39 is 11.7 Å². The number of hydrogen-bond donors (Lipinski definition) is 1. The van der Waals surface area contributed by atoms with Gasteiger partial charge in [-0.1, -0.05) is 12.1 Å². The van der Waals surface area contributed by atoms with Gasteiger partial charge in [-0.3, -0.25) is 9.59 Å². The molecule has 0 radical (unpaired) electrons. The van der Waals surface area contributed by atoms with Crippen LogP contribution in [0.25, 0.3) is 0 Å². The molecular formula is C11H11NO3. The van der Waals surface area contributed by atoms with Gasteiger partial charge < -0.3 is 10.0 Å². The largest absolute Gasteiger partial charge is 0.395 e. The maximum Gasteiger partial charge on any atom is 0.299 e. The number of Topliss-reactive ketones (excluding diaryl/α,β-unsaturated/α-hetero) is 1. The van der Waals surface area contributed by atoms with Gasteiger partial charge in [-0.15, -0.1) is 0 Å². The van der Waals surface area contributed by atoms with Gasteiger partial charge in [0.05, 0.1) is 17.9 Å². The number of amides is 1. The first-order chi connectivity index (χ1) is 7.16. The number of hydrogen-bond acceptors (Lipinski definition) is 3. The molecule has 2 rings (SSSR count). The monoisotopic (exact) mass is 205 g/mol. The quantitative estimate of drug-likeness (QED) is 0.716. The smallest absolute Gasteiger partial charge is 0.299 e. The molecule has 0 spiro atoms. The van der Waals surface area contributed by atoms with Crippen molar-refractivity contribution in [2.24, 2.45) is 0 Å². The van der Waals surface area contributed by atoms with Crippen molar-refractivity contribution in [2.45, 2.75) is 6.92 Å². The molecule has 1 heterocycles. The molecule has 1 amide bonds. The third kappa shape index (κ3) is 1.34. The fourth-order valence-electron chi connectivity index (χ4n) is 1.85. The summed E-state index contributed by atoms with van der Waals surface area (Å²) >= 11 is 0. The summed E-state index contributed by atoms with van der Waals surface area (Å²) in [4.78, 5) is 24.5. The van der Waals surface area contributed by atoms with Crippen LogP contribution in [0.2, 0.25) is 0 Å². The second-order valence-electron chi connectivity index (χ2n) is 3.48. The molecule has 1 aromatic rings. The van der Waals surface area contributed by atoms with E-state index in [9.17, 15) is 9.59 Å². The Morgan fingerprint density at radius 3 is 2.73 bits per heavy atom. The lowest BCUT2D eigenvalue weighted by atomic mass is 10.1. The maximum absolute atomic E-state index is 11.6. The Labute approximate surface area is 87.1 Å². The van der Waals surface area contributed by atoms with Crippen LogP contribution >= 0.6 is 0 Å². The first-order valence-corrected chi connectivity index (χ1v) is 4.73. The molecule has 0 fully saturated rings. The number of nitrogens with zero attached hydrogens (tertiary/aromatic N) is 1. The number of aryl methyl sites for hydroxylation is 1. The predicted molar refractivity (Wildman–Crippen MR) is 54.9 cm³/mol. The van der Waals surface area contributed by atoms with Gasteiger partial charge in [0.2, 0.25) is 0 Å². The summed E-state index contributed by atoms with van der Waals surface area (Å²) in [6.45, 7) is 1.87. The topological polar surface area (TPSA) is 57.6 Å². The number of fused-ring (bicyclic) bond motifs is 1. The van der Waals surface area contributed by atoms with Gasteiger partial charge in [0.15, 0.2) is 0 Å². The van der Waals surface area contributed by atoms with E-state index in [1.165, 1.54) is 4.90 Å². The summed E-state index contributed by atoms with van der Waals surface area (Å²) in [5, 5.41) is 8.84. The highest BCUT2D eigenvalue weighted by Crippen LogP contribution is 2.31. The minimum Gasteiger partial charge on any atom is -0.395 e. The van der Waals surface area contributed by atoms with Crippen molar-refractivity contribution in [3.63, 3.8) is 0 Å². The van der Waals surface area contributed by atoms with Crippen molar-refractivity contribution < 1.29 is 14.7 Å². The Bertz CT molecular complexity index is 439. The Morgan fingerprint density at radius 1 is 1.33 bits per heavy atom. The van der Waals surface area contributed by atoms with E-state index in [2.05, 4.69) is 0 Å². The van der Waals surface area contributed by atoms with Crippen LogP contribution in [0, 0.1) is 6.92 Å². The van der Waals surface area contributed by atoms with Gasteiger partial charge in [0.25, 0.3) is 11.7 Å². The zero-order valence-electron chi connectivity index (χ0n) is 8.36. The maximum atomic E-state index is 11.6. The molecule has 0 saturated carbocycles. The highest BCUT2D eigenvalue weighted by atomic mass is 16.3. The first-order valence-electron chi connectivity index (χ1n) is 4.73. The van der Waals surface area contributed by atoms with E-state index in [1.807, 2.05) is 13.0 Å². The molecule has 1 aliphatic heterocycles. The van der Waals surface area contributed by atoms with E-state index in [0.717, 1.165) is 5.56 Å². The number of β-amino-alcohol motifs (C(OH)–C–C–N with tert-alkyl or cyclic N) is 1. The summed E-state index contributed by atoms with van der Waals surface area (Å²) in [7, 11) is 0. The summed E-state index contributed by atoms with van der Waals surface area (Å²) in [5.74, 6) is -1.03. The fraction of sp³-hybridized carbons (Fsp3) is 0.273. The number of benzene rings is 1. The Kier molecular flexibility index (Phi) is 2.28. The van der Waals surface area contributed by atoms with Crippen molar-refractivity contribution in [1.82, 2.24) is 0 Å². The number of carbonyl (C=O) groups is 2. The van der Waals surface area contributed by atoms with Crippen LogP contribution in [0.15, 0.2) is 18.2 Å². The van der Waals surface area contributed by atoms with Gasteiger partial charge in [0, 0.05) is 6.54 Å². The number of para-hydroxylation sites is 1. The van der Waals surface area contributed by atoms with Crippen LogP contribution in [0.1, 0.15) is 15.9 Å². The molecule has 4 nitrogen and oxygen atoms in total. The summed E-state index contributed by atoms with van der Waals surface area (Å²) in [6, 6.07) is 5.23. The van der Waals surface area contributed by atoms with Crippen molar-refractivity contribution in [1.29, 1.82) is 0 Å². The number of anilines is 1. The zero-order valence-corrected chi connectivity index (χ0v) is 8.36. The van der Waals surface area contributed by atoms with Crippen LogP contribution < -0.4 is 4.90 Å². The third-order valence-electron chi connectivity index (χ3n) is 2.52. The number of ketones is 1. The lowest BCUT2D eigenvalue weighted by molar-refractivity contribution is -0.114. The first kappa shape index (κ1) is 9.86. The fourth-order valence-corrected chi connectivity index (χ4v) is 1.85. The zero-order chi connectivity index (χ0) is 11.0. The standard InChI is InChI=1S/C11H11NO3/c1-7-3-2-4-8-9(7)12(5-6-13)11(15)10(8)14/h2-4,13H,5-6H2,1H3. The molecular weight excluding hydrogens is 194 g/mol. The van der Waals surface area contributed by atoms with E-state index in [-0.39, 0.29) is 13.2 Å². The molecule has 4 heteroatoms. The van der Waals surface area contributed by atoms with Crippen molar-refractivity contribution in [2.75, 3.05) is 18.1 Å². The molecule has 1 aromatic carbocycles. The molecule has 0 aliphatic carbocycles.